The first-order valence-corrected chi connectivity index (χ1v) is 10.1. The molecule has 0 radical (unpaired) electrons. The van der Waals surface area contributed by atoms with E-state index in [9.17, 15) is 14.4 Å². The monoisotopic (exact) mass is 424 g/mol. The van der Waals surface area contributed by atoms with Crippen LogP contribution in [0.3, 0.4) is 0 Å². The lowest BCUT2D eigenvalue weighted by molar-refractivity contribution is -0.142. The Morgan fingerprint density at radius 2 is 1.68 bits per heavy atom. The van der Waals surface area contributed by atoms with Gasteiger partial charge in [0.25, 0.3) is 5.91 Å². The summed E-state index contributed by atoms with van der Waals surface area (Å²) in [5, 5.41) is 4.74. The molecule has 7 heteroatoms. The van der Waals surface area contributed by atoms with Gasteiger partial charge in [0.15, 0.2) is 6.61 Å². The van der Waals surface area contributed by atoms with Crippen molar-refractivity contribution in [1.82, 2.24) is 10.6 Å². The maximum absolute atomic E-state index is 12.8. The Labute approximate surface area is 182 Å². The lowest BCUT2D eigenvalue weighted by Crippen LogP contribution is -2.42. The van der Waals surface area contributed by atoms with E-state index in [2.05, 4.69) is 10.6 Å². The van der Waals surface area contributed by atoms with E-state index >= 15 is 0 Å². The molecule has 0 spiro atoms. The van der Waals surface area contributed by atoms with Gasteiger partial charge in [0.05, 0.1) is 12.7 Å². The number of nitrogens with one attached hydrogen (secondary N) is 2. The van der Waals surface area contributed by atoms with E-state index in [0.29, 0.717) is 29.3 Å². The van der Waals surface area contributed by atoms with Crippen LogP contribution in [0.25, 0.3) is 11.6 Å². The number of carbonyl (C=O) groups excluding carboxylic acids is 3. The van der Waals surface area contributed by atoms with Crippen LogP contribution in [0.5, 0.6) is 5.75 Å². The fraction of sp³-hybridized carbons (Fsp3) is 0.292. The molecule has 0 aliphatic heterocycles. The summed E-state index contributed by atoms with van der Waals surface area (Å²) in [5.41, 5.74) is 1.58. The van der Waals surface area contributed by atoms with E-state index in [1.54, 1.807) is 43.5 Å². The van der Waals surface area contributed by atoms with Crippen molar-refractivity contribution in [3.63, 3.8) is 0 Å². The quantitative estimate of drug-likeness (QED) is 0.364. The zero-order valence-corrected chi connectivity index (χ0v) is 18.0. The molecule has 3 amide bonds. The van der Waals surface area contributed by atoms with Gasteiger partial charge in [-0.1, -0.05) is 62.4 Å². The van der Waals surface area contributed by atoms with E-state index in [4.69, 9.17) is 9.47 Å². The molecule has 2 aromatic carbocycles. The number of hydrogen-bond donors (Lipinski definition) is 2. The van der Waals surface area contributed by atoms with Crippen LogP contribution in [0.2, 0.25) is 0 Å². The van der Waals surface area contributed by atoms with Gasteiger partial charge in [0.1, 0.15) is 5.75 Å². The van der Waals surface area contributed by atoms with Gasteiger partial charge in [0, 0.05) is 12.1 Å². The van der Waals surface area contributed by atoms with Gasteiger partial charge in [-0.25, -0.2) is 9.59 Å². The second-order valence-electron chi connectivity index (χ2n) is 7.23. The van der Waals surface area contributed by atoms with Crippen LogP contribution in [-0.4, -0.2) is 38.2 Å². The zero-order valence-electron chi connectivity index (χ0n) is 18.0. The highest BCUT2D eigenvalue weighted by Gasteiger charge is 2.17. The minimum atomic E-state index is -0.708. The minimum Gasteiger partial charge on any atom is -0.496 e. The zero-order chi connectivity index (χ0) is 22.6. The number of esters is 1. The van der Waals surface area contributed by atoms with Crippen molar-refractivity contribution in [2.45, 2.75) is 20.3 Å². The molecule has 0 unspecified atom stereocenters. The Balaban J connectivity index is 2.06. The normalized spacial score (nSPS) is 11.0. The van der Waals surface area contributed by atoms with Crippen LogP contribution in [0.1, 0.15) is 31.4 Å². The molecular weight excluding hydrogens is 396 g/mol. The van der Waals surface area contributed by atoms with Gasteiger partial charge in [0.2, 0.25) is 0 Å². The van der Waals surface area contributed by atoms with Gasteiger partial charge >= 0.3 is 12.0 Å². The number of methoxy groups -OCH3 is 1. The Kier molecular flexibility index (Phi) is 9.29. The molecule has 31 heavy (non-hydrogen) atoms. The molecule has 0 aliphatic rings. The Bertz CT molecular complexity index is 923. The number of amides is 3. The predicted molar refractivity (Wildman–Crippen MR) is 119 cm³/mol. The summed E-state index contributed by atoms with van der Waals surface area (Å²) in [5.74, 6) is -0.365. The molecule has 2 rings (SSSR count). The summed E-state index contributed by atoms with van der Waals surface area (Å²) in [6, 6.07) is 15.6. The SMILES string of the molecule is COc1ccccc1/C=C(\C(=O)OCC(=O)NC(=O)NCCC(C)C)c1ccccc1. The van der Waals surface area contributed by atoms with Crippen LogP contribution < -0.4 is 15.4 Å². The van der Waals surface area contributed by atoms with Crippen LogP contribution in [-0.2, 0) is 14.3 Å². The van der Waals surface area contributed by atoms with Crippen LogP contribution >= 0.6 is 0 Å². The maximum Gasteiger partial charge on any atom is 0.339 e. The number of rotatable bonds is 9. The first-order chi connectivity index (χ1) is 14.9. The molecule has 7 nitrogen and oxygen atoms in total. The first-order valence-electron chi connectivity index (χ1n) is 10.1. The smallest absolute Gasteiger partial charge is 0.339 e. The summed E-state index contributed by atoms with van der Waals surface area (Å²) in [6.07, 6.45) is 2.44. The average Bonchev–Trinajstić information content (AvgIpc) is 2.76. The Morgan fingerprint density at radius 1 is 1.00 bits per heavy atom. The van der Waals surface area contributed by atoms with Crippen LogP contribution in [0, 0.1) is 5.92 Å². The highest BCUT2D eigenvalue weighted by molar-refractivity contribution is 6.22. The van der Waals surface area contributed by atoms with Crippen molar-refractivity contribution in [2.75, 3.05) is 20.3 Å². The molecule has 0 aliphatic carbocycles. The molecule has 2 aromatic rings. The third-order valence-corrected chi connectivity index (χ3v) is 4.34. The van der Waals surface area contributed by atoms with E-state index in [-0.39, 0.29) is 5.57 Å². The van der Waals surface area contributed by atoms with Crippen molar-refractivity contribution in [3.05, 3.63) is 65.7 Å². The van der Waals surface area contributed by atoms with Crippen LogP contribution in [0.15, 0.2) is 54.6 Å². The largest absolute Gasteiger partial charge is 0.496 e. The molecule has 164 valence electrons. The predicted octanol–water partition coefficient (Wildman–Crippen LogP) is 3.65. The average molecular weight is 424 g/mol. The summed E-state index contributed by atoms with van der Waals surface area (Å²) >= 11 is 0. The second-order valence-corrected chi connectivity index (χ2v) is 7.23. The molecule has 0 aromatic heterocycles. The van der Waals surface area contributed by atoms with E-state index < -0.39 is 24.5 Å². The highest BCUT2D eigenvalue weighted by atomic mass is 16.5. The summed E-state index contributed by atoms with van der Waals surface area (Å²) in [6.45, 7) is 3.95. The summed E-state index contributed by atoms with van der Waals surface area (Å²) in [4.78, 5) is 36.5. The van der Waals surface area contributed by atoms with E-state index in [1.165, 1.54) is 0 Å². The molecule has 0 saturated heterocycles. The van der Waals surface area contributed by atoms with E-state index in [0.717, 1.165) is 6.42 Å². The Hall–Kier alpha value is -3.61. The van der Waals surface area contributed by atoms with Crippen molar-refractivity contribution in [1.29, 1.82) is 0 Å². The molecule has 0 bridgehead atoms. The summed E-state index contributed by atoms with van der Waals surface area (Å²) in [7, 11) is 1.55. The van der Waals surface area contributed by atoms with Crippen molar-refractivity contribution in [2.24, 2.45) is 5.92 Å². The minimum absolute atomic E-state index is 0.263. The number of hydrogen-bond acceptors (Lipinski definition) is 5. The van der Waals surface area contributed by atoms with E-state index in [1.807, 2.05) is 38.1 Å². The topological polar surface area (TPSA) is 93.7 Å². The van der Waals surface area contributed by atoms with Gasteiger partial charge in [-0.05, 0) is 30.0 Å². The lowest BCUT2D eigenvalue weighted by Gasteiger charge is -2.11. The lowest BCUT2D eigenvalue weighted by atomic mass is 10.0. The number of para-hydroxylation sites is 1. The summed E-state index contributed by atoms with van der Waals surface area (Å²) < 4.78 is 10.5. The number of imide groups is 1. The molecule has 2 N–H and O–H groups in total. The Morgan fingerprint density at radius 3 is 2.35 bits per heavy atom. The molecule has 0 saturated carbocycles. The number of carbonyl (C=O) groups is 3. The van der Waals surface area contributed by atoms with Gasteiger partial charge < -0.3 is 14.8 Å². The van der Waals surface area contributed by atoms with Crippen molar-refractivity contribution < 1.29 is 23.9 Å². The number of urea groups is 1. The molecule has 0 heterocycles. The van der Waals surface area contributed by atoms with Gasteiger partial charge in [-0.15, -0.1) is 0 Å². The molecule has 0 fully saturated rings. The first kappa shape index (κ1) is 23.7. The highest BCUT2D eigenvalue weighted by Crippen LogP contribution is 2.25. The molecular formula is C24H28N2O5. The fourth-order valence-corrected chi connectivity index (χ4v) is 2.71. The standard InChI is InChI=1S/C24H28N2O5/c1-17(2)13-14-25-24(29)26-22(27)16-31-23(28)20(18-9-5-4-6-10-18)15-19-11-7-8-12-21(19)30-3/h4-12,15,17H,13-14,16H2,1-3H3,(H2,25,26,27,29)/b20-15-. The third-order valence-electron chi connectivity index (χ3n) is 4.34. The van der Waals surface area contributed by atoms with Crippen molar-refractivity contribution >= 4 is 29.6 Å². The van der Waals surface area contributed by atoms with Crippen molar-refractivity contribution in [3.8, 4) is 5.75 Å². The maximum atomic E-state index is 12.8. The number of ether oxygens (including phenoxy) is 2. The third kappa shape index (κ3) is 7.97. The second kappa shape index (κ2) is 12.2. The van der Waals surface area contributed by atoms with Gasteiger partial charge in [-0.3, -0.25) is 10.1 Å². The number of benzene rings is 2. The fourth-order valence-electron chi connectivity index (χ4n) is 2.71. The van der Waals surface area contributed by atoms with Gasteiger partial charge in [-0.2, -0.15) is 0 Å². The molecule has 0 atom stereocenters. The van der Waals surface area contributed by atoms with Crippen LogP contribution in [0.4, 0.5) is 4.79 Å².